The number of fused-ring (bicyclic) bond motifs is 1. The van der Waals surface area contributed by atoms with Gasteiger partial charge in [-0.15, -0.1) is 0 Å². The SMILES string of the molecule is Cc1c(C(C)NC(=O)c2ccc3nc(C(F)(F)F)ccc3c2)cnn1C. The maximum Gasteiger partial charge on any atom is 0.433 e. The van der Waals surface area contributed by atoms with Gasteiger partial charge in [0.1, 0.15) is 5.69 Å². The van der Waals surface area contributed by atoms with Crippen molar-refractivity contribution in [2.45, 2.75) is 26.1 Å². The van der Waals surface area contributed by atoms with E-state index in [4.69, 9.17) is 0 Å². The predicted molar refractivity (Wildman–Crippen MR) is 90.6 cm³/mol. The zero-order valence-corrected chi connectivity index (χ0v) is 14.4. The second-order valence-electron chi connectivity index (χ2n) is 6.11. The molecule has 0 aliphatic rings. The summed E-state index contributed by atoms with van der Waals surface area (Å²) in [6.45, 7) is 3.76. The maximum absolute atomic E-state index is 12.7. The van der Waals surface area contributed by atoms with Crippen molar-refractivity contribution in [2.24, 2.45) is 7.05 Å². The van der Waals surface area contributed by atoms with Gasteiger partial charge < -0.3 is 5.32 Å². The molecule has 1 unspecified atom stereocenters. The van der Waals surface area contributed by atoms with E-state index in [2.05, 4.69) is 15.4 Å². The summed E-state index contributed by atoms with van der Waals surface area (Å²) in [5.41, 5.74) is 1.43. The molecule has 136 valence electrons. The first kappa shape index (κ1) is 17.9. The van der Waals surface area contributed by atoms with Crippen LogP contribution in [0, 0.1) is 6.92 Å². The van der Waals surface area contributed by atoms with Crippen LogP contribution in [0.25, 0.3) is 10.9 Å². The van der Waals surface area contributed by atoms with Gasteiger partial charge in [-0.25, -0.2) is 4.98 Å². The molecular formula is C18H17F3N4O. The van der Waals surface area contributed by atoms with E-state index < -0.39 is 11.9 Å². The standard InChI is InChI=1S/C18H17F3N4O/c1-10(14-9-22-25(3)11(14)2)23-17(26)13-4-6-15-12(8-13)5-7-16(24-15)18(19,20)21/h4-10H,1-3H3,(H,23,26). The number of amides is 1. The molecule has 0 fully saturated rings. The number of halogens is 3. The molecule has 3 rings (SSSR count). The first-order valence-corrected chi connectivity index (χ1v) is 7.94. The molecule has 2 heterocycles. The van der Waals surface area contributed by atoms with Crippen molar-refractivity contribution in [1.82, 2.24) is 20.1 Å². The molecule has 1 N–H and O–H groups in total. The molecule has 0 aliphatic carbocycles. The zero-order chi connectivity index (χ0) is 19.1. The fourth-order valence-corrected chi connectivity index (χ4v) is 2.72. The Morgan fingerprint density at radius 2 is 1.96 bits per heavy atom. The van der Waals surface area contributed by atoms with E-state index >= 15 is 0 Å². The summed E-state index contributed by atoms with van der Waals surface area (Å²) in [7, 11) is 1.82. The summed E-state index contributed by atoms with van der Waals surface area (Å²) in [5, 5.41) is 7.49. The van der Waals surface area contributed by atoms with Gasteiger partial charge in [0.05, 0.1) is 17.8 Å². The molecule has 0 saturated heterocycles. The van der Waals surface area contributed by atoms with Crippen molar-refractivity contribution in [3.8, 4) is 0 Å². The van der Waals surface area contributed by atoms with Crippen molar-refractivity contribution in [3.05, 3.63) is 59.0 Å². The Kier molecular flexibility index (Phi) is 4.43. The molecule has 5 nitrogen and oxygen atoms in total. The minimum atomic E-state index is -4.50. The van der Waals surface area contributed by atoms with Gasteiger partial charge in [-0.1, -0.05) is 6.07 Å². The number of rotatable bonds is 3. The van der Waals surface area contributed by atoms with E-state index in [9.17, 15) is 18.0 Å². The lowest BCUT2D eigenvalue weighted by Crippen LogP contribution is -2.26. The first-order chi connectivity index (χ1) is 12.2. The van der Waals surface area contributed by atoms with Gasteiger partial charge in [0, 0.05) is 29.3 Å². The summed E-state index contributed by atoms with van der Waals surface area (Å²) in [6.07, 6.45) is -2.80. The van der Waals surface area contributed by atoms with Gasteiger partial charge in [-0.3, -0.25) is 9.48 Å². The second kappa shape index (κ2) is 6.44. The average Bonchev–Trinajstić information content (AvgIpc) is 2.92. The van der Waals surface area contributed by atoms with Crippen LogP contribution in [-0.4, -0.2) is 20.7 Å². The lowest BCUT2D eigenvalue weighted by atomic mass is 10.1. The highest BCUT2D eigenvalue weighted by atomic mass is 19.4. The van der Waals surface area contributed by atoms with Crippen molar-refractivity contribution in [2.75, 3.05) is 0 Å². The fourth-order valence-electron chi connectivity index (χ4n) is 2.72. The number of carbonyl (C=O) groups is 1. The minimum absolute atomic E-state index is 0.188. The lowest BCUT2D eigenvalue weighted by molar-refractivity contribution is -0.140. The molecule has 1 amide bonds. The molecule has 8 heteroatoms. The minimum Gasteiger partial charge on any atom is -0.345 e. The third-order valence-electron chi connectivity index (χ3n) is 4.33. The normalized spacial score (nSPS) is 13.0. The van der Waals surface area contributed by atoms with Crippen LogP contribution in [0.15, 0.2) is 36.5 Å². The number of aryl methyl sites for hydroxylation is 1. The monoisotopic (exact) mass is 362 g/mol. The summed E-state index contributed by atoms with van der Waals surface area (Å²) >= 11 is 0. The quantitative estimate of drug-likeness (QED) is 0.771. The number of nitrogens with one attached hydrogen (secondary N) is 1. The molecule has 1 aromatic carbocycles. The number of aromatic nitrogens is 3. The van der Waals surface area contributed by atoms with Crippen LogP contribution in [0.5, 0.6) is 0 Å². The van der Waals surface area contributed by atoms with E-state index in [1.807, 2.05) is 20.9 Å². The highest BCUT2D eigenvalue weighted by Crippen LogP contribution is 2.29. The largest absolute Gasteiger partial charge is 0.433 e. The predicted octanol–water partition coefficient (Wildman–Crippen LogP) is 3.79. The highest BCUT2D eigenvalue weighted by molar-refractivity contribution is 5.98. The number of hydrogen-bond donors (Lipinski definition) is 1. The van der Waals surface area contributed by atoms with Crippen molar-refractivity contribution in [3.63, 3.8) is 0 Å². The van der Waals surface area contributed by atoms with Crippen molar-refractivity contribution < 1.29 is 18.0 Å². The molecular weight excluding hydrogens is 345 g/mol. The molecule has 26 heavy (non-hydrogen) atoms. The third-order valence-corrected chi connectivity index (χ3v) is 4.33. The Labute approximate surface area is 147 Å². The highest BCUT2D eigenvalue weighted by Gasteiger charge is 2.32. The summed E-state index contributed by atoms with van der Waals surface area (Å²) < 4.78 is 39.9. The van der Waals surface area contributed by atoms with Crippen LogP contribution >= 0.6 is 0 Å². The topological polar surface area (TPSA) is 59.8 Å². The number of hydrogen-bond acceptors (Lipinski definition) is 3. The Morgan fingerprint density at radius 1 is 1.23 bits per heavy atom. The smallest absolute Gasteiger partial charge is 0.345 e. The van der Waals surface area contributed by atoms with Crippen LogP contribution in [-0.2, 0) is 13.2 Å². The molecule has 0 saturated carbocycles. The lowest BCUT2D eigenvalue weighted by Gasteiger charge is -2.14. The van der Waals surface area contributed by atoms with Crippen molar-refractivity contribution in [1.29, 1.82) is 0 Å². The Balaban J connectivity index is 1.83. The van der Waals surface area contributed by atoms with Gasteiger partial charge in [0.15, 0.2) is 0 Å². The number of pyridine rings is 1. The Bertz CT molecular complexity index is 978. The third kappa shape index (κ3) is 3.40. The van der Waals surface area contributed by atoms with Crippen LogP contribution in [0.3, 0.4) is 0 Å². The van der Waals surface area contributed by atoms with Gasteiger partial charge in [-0.2, -0.15) is 18.3 Å². The first-order valence-electron chi connectivity index (χ1n) is 7.94. The summed E-state index contributed by atoms with van der Waals surface area (Å²) in [5.74, 6) is -0.317. The molecule has 0 radical (unpaired) electrons. The van der Waals surface area contributed by atoms with E-state index in [0.29, 0.717) is 10.9 Å². The number of nitrogens with zero attached hydrogens (tertiary/aromatic N) is 3. The van der Waals surface area contributed by atoms with Gasteiger partial charge in [0.2, 0.25) is 0 Å². The van der Waals surface area contributed by atoms with Gasteiger partial charge >= 0.3 is 6.18 Å². The van der Waals surface area contributed by atoms with Gasteiger partial charge in [-0.05, 0) is 38.1 Å². The number of carbonyl (C=O) groups excluding carboxylic acids is 1. The van der Waals surface area contributed by atoms with E-state index in [0.717, 1.165) is 17.3 Å². The second-order valence-corrected chi connectivity index (χ2v) is 6.11. The van der Waals surface area contributed by atoms with E-state index in [1.165, 1.54) is 24.3 Å². The van der Waals surface area contributed by atoms with Crippen LogP contribution in [0.2, 0.25) is 0 Å². The molecule has 0 aliphatic heterocycles. The molecule has 3 aromatic rings. The molecule has 2 aromatic heterocycles. The fraction of sp³-hybridized carbons (Fsp3) is 0.278. The maximum atomic E-state index is 12.7. The average molecular weight is 362 g/mol. The zero-order valence-electron chi connectivity index (χ0n) is 14.4. The van der Waals surface area contributed by atoms with E-state index in [1.54, 1.807) is 10.9 Å². The van der Waals surface area contributed by atoms with Crippen LogP contribution < -0.4 is 5.32 Å². The molecule has 0 bridgehead atoms. The van der Waals surface area contributed by atoms with Crippen LogP contribution in [0.1, 0.15) is 40.3 Å². The molecule has 0 spiro atoms. The molecule has 1 atom stereocenters. The number of alkyl halides is 3. The Morgan fingerprint density at radius 3 is 2.58 bits per heavy atom. The Hall–Kier alpha value is -2.90. The van der Waals surface area contributed by atoms with Gasteiger partial charge in [0.25, 0.3) is 5.91 Å². The van der Waals surface area contributed by atoms with E-state index in [-0.39, 0.29) is 17.5 Å². The summed E-state index contributed by atoms with van der Waals surface area (Å²) in [6, 6.07) is 6.38. The van der Waals surface area contributed by atoms with Crippen LogP contribution in [0.4, 0.5) is 13.2 Å². The summed E-state index contributed by atoms with van der Waals surface area (Å²) in [4.78, 5) is 16.1. The van der Waals surface area contributed by atoms with Crippen molar-refractivity contribution >= 4 is 16.8 Å². The number of benzene rings is 1.